The molecule has 0 N–H and O–H groups in total. The van der Waals surface area contributed by atoms with E-state index in [-0.39, 0.29) is 5.78 Å². The Hall–Kier alpha value is -2.06. The molecule has 0 amide bonds. The standard InChI is InChI=1S/C19H26N4O3S/c1-4-23-18(22-8-10-25-11-9-22)20-21-19(23)27-13-16-12-15(14(3)24)6-7-17(16)26-5-2/h6-7,12H,4-5,8-11,13H2,1-3H3. The number of nitrogens with zero attached hydrogens (tertiary/aromatic N) is 4. The zero-order valence-electron chi connectivity index (χ0n) is 16.1. The van der Waals surface area contributed by atoms with E-state index in [2.05, 4.69) is 26.6 Å². The second-order valence-electron chi connectivity index (χ2n) is 6.23. The highest BCUT2D eigenvalue weighted by Crippen LogP contribution is 2.30. The third-order valence-electron chi connectivity index (χ3n) is 4.43. The molecule has 2 heterocycles. The third kappa shape index (κ3) is 4.62. The van der Waals surface area contributed by atoms with Crippen LogP contribution in [0.1, 0.15) is 36.7 Å². The number of carbonyl (C=O) groups excluding carboxylic acids is 1. The summed E-state index contributed by atoms with van der Waals surface area (Å²) in [4.78, 5) is 13.9. The molecule has 0 atom stereocenters. The van der Waals surface area contributed by atoms with Crippen molar-refractivity contribution in [2.45, 2.75) is 38.2 Å². The number of Topliss-reactive ketones (excluding diaryl/α,β-unsaturated/α-hetero) is 1. The van der Waals surface area contributed by atoms with Crippen molar-refractivity contribution in [3.05, 3.63) is 29.3 Å². The SMILES string of the molecule is CCOc1ccc(C(C)=O)cc1CSc1nnc(N2CCOCC2)n1CC. The summed E-state index contributed by atoms with van der Waals surface area (Å²) in [7, 11) is 0. The van der Waals surface area contributed by atoms with Crippen molar-refractivity contribution in [2.24, 2.45) is 0 Å². The monoisotopic (exact) mass is 390 g/mol. The molecule has 0 bridgehead atoms. The minimum Gasteiger partial charge on any atom is -0.494 e. The maximum atomic E-state index is 11.7. The summed E-state index contributed by atoms with van der Waals surface area (Å²) < 4.78 is 13.3. The highest BCUT2D eigenvalue weighted by atomic mass is 32.2. The van der Waals surface area contributed by atoms with Crippen LogP contribution in [0.25, 0.3) is 0 Å². The molecular weight excluding hydrogens is 364 g/mol. The van der Waals surface area contributed by atoms with Crippen LogP contribution in [0.3, 0.4) is 0 Å². The number of morpholine rings is 1. The molecule has 1 aromatic heterocycles. The Labute approximate surface area is 164 Å². The maximum Gasteiger partial charge on any atom is 0.228 e. The van der Waals surface area contributed by atoms with E-state index >= 15 is 0 Å². The Kier molecular flexibility index (Phi) is 6.73. The minimum atomic E-state index is 0.0515. The van der Waals surface area contributed by atoms with Crippen LogP contribution < -0.4 is 9.64 Å². The number of ketones is 1. The molecule has 0 aliphatic carbocycles. The summed E-state index contributed by atoms with van der Waals surface area (Å²) in [5.74, 6) is 2.42. The van der Waals surface area contributed by atoms with Crippen molar-refractivity contribution in [1.29, 1.82) is 0 Å². The van der Waals surface area contributed by atoms with Crippen molar-refractivity contribution < 1.29 is 14.3 Å². The van der Waals surface area contributed by atoms with Gasteiger partial charge in [0.15, 0.2) is 10.9 Å². The molecule has 1 fully saturated rings. The fourth-order valence-corrected chi connectivity index (χ4v) is 3.99. The van der Waals surface area contributed by atoms with E-state index in [1.165, 1.54) is 0 Å². The number of anilines is 1. The first-order valence-corrected chi connectivity index (χ1v) is 10.3. The summed E-state index contributed by atoms with van der Waals surface area (Å²) in [5, 5.41) is 9.67. The van der Waals surface area contributed by atoms with Gasteiger partial charge in [-0.25, -0.2) is 0 Å². The first-order valence-electron chi connectivity index (χ1n) is 9.29. The molecule has 1 aliphatic heterocycles. The van der Waals surface area contributed by atoms with Gasteiger partial charge in [0.05, 0.1) is 19.8 Å². The summed E-state index contributed by atoms with van der Waals surface area (Å²) in [5.41, 5.74) is 1.69. The number of rotatable bonds is 8. The highest BCUT2D eigenvalue weighted by molar-refractivity contribution is 7.98. The maximum absolute atomic E-state index is 11.7. The summed E-state index contributed by atoms with van der Waals surface area (Å²) in [6, 6.07) is 5.60. The van der Waals surface area contributed by atoms with Crippen LogP contribution in [0.2, 0.25) is 0 Å². The summed E-state index contributed by atoms with van der Waals surface area (Å²) in [6.07, 6.45) is 0. The second-order valence-corrected chi connectivity index (χ2v) is 7.17. The number of thioether (sulfide) groups is 1. The second kappa shape index (κ2) is 9.23. The average molecular weight is 391 g/mol. The Morgan fingerprint density at radius 3 is 2.70 bits per heavy atom. The lowest BCUT2D eigenvalue weighted by Crippen LogP contribution is -2.38. The number of hydrogen-bond acceptors (Lipinski definition) is 7. The third-order valence-corrected chi connectivity index (χ3v) is 5.45. The Morgan fingerprint density at radius 1 is 1.26 bits per heavy atom. The molecule has 1 saturated heterocycles. The van der Waals surface area contributed by atoms with E-state index < -0.39 is 0 Å². The van der Waals surface area contributed by atoms with Gasteiger partial charge >= 0.3 is 0 Å². The largest absolute Gasteiger partial charge is 0.494 e. The van der Waals surface area contributed by atoms with Gasteiger partial charge in [-0.1, -0.05) is 11.8 Å². The molecule has 0 unspecified atom stereocenters. The molecule has 1 aliphatic rings. The molecule has 7 nitrogen and oxygen atoms in total. The zero-order valence-corrected chi connectivity index (χ0v) is 16.9. The minimum absolute atomic E-state index is 0.0515. The average Bonchev–Trinajstić information content (AvgIpc) is 3.10. The topological polar surface area (TPSA) is 69.5 Å². The van der Waals surface area contributed by atoms with Crippen LogP contribution in [0.15, 0.2) is 23.4 Å². The molecule has 0 spiro atoms. The van der Waals surface area contributed by atoms with E-state index in [9.17, 15) is 4.79 Å². The smallest absolute Gasteiger partial charge is 0.228 e. The van der Waals surface area contributed by atoms with Gasteiger partial charge in [0, 0.05) is 36.5 Å². The predicted molar refractivity (Wildman–Crippen MR) is 106 cm³/mol. The molecule has 3 rings (SSSR count). The fourth-order valence-electron chi connectivity index (χ4n) is 3.01. The molecule has 2 aromatic rings. The van der Waals surface area contributed by atoms with Gasteiger partial charge in [0.25, 0.3) is 0 Å². The van der Waals surface area contributed by atoms with Gasteiger partial charge in [-0.05, 0) is 39.0 Å². The lowest BCUT2D eigenvalue weighted by Gasteiger charge is -2.27. The quantitative estimate of drug-likeness (QED) is 0.507. The van der Waals surface area contributed by atoms with Crippen LogP contribution >= 0.6 is 11.8 Å². The molecular formula is C19H26N4O3S. The van der Waals surface area contributed by atoms with Gasteiger partial charge in [-0.3, -0.25) is 9.36 Å². The van der Waals surface area contributed by atoms with E-state index in [4.69, 9.17) is 9.47 Å². The van der Waals surface area contributed by atoms with Gasteiger partial charge in [0.2, 0.25) is 5.95 Å². The first-order chi connectivity index (χ1) is 13.1. The number of hydrogen-bond donors (Lipinski definition) is 0. The van der Waals surface area contributed by atoms with Crippen molar-refractivity contribution in [1.82, 2.24) is 14.8 Å². The molecule has 0 saturated carbocycles. The van der Waals surface area contributed by atoms with Crippen LogP contribution in [-0.2, 0) is 17.0 Å². The van der Waals surface area contributed by atoms with Gasteiger partial charge in [-0.2, -0.15) is 0 Å². The predicted octanol–water partition coefficient (Wildman–Crippen LogP) is 3.03. The fraction of sp³-hybridized carbons (Fsp3) is 0.526. The van der Waals surface area contributed by atoms with Crippen molar-refractivity contribution in [3.63, 3.8) is 0 Å². The number of carbonyl (C=O) groups is 1. The van der Waals surface area contributed by atoms with Gasteiger partial charge in [-0.15, -0.1) is 10.2 Å². The lowest BCUT2D eigenvalue weighted by molar-refractivity contribution is 0.101. The van der Waals surface area contributed by atoms with E-state index in [0.717, 1.165) is 42.1 Å². The zero-order chi connectivity index (χ0) is 19.2. The van der Waals surface area contributed by atoms with Crippen LogP contribution in [0.5, 0.6) is 5.75 Å². The van der Waals surface area contributed by atoms with Crippen LogP contribution in [0.4, 0.5) is 5.95 Å². The Balaban J connectivity index is 1.79. The van der Waals surface area contributed by atoms with Crippen LogP contribution in [0, 0.1) is 0 Å². The van der Waals surface area contributed by atoms with Gasteiger partial charge in [0.1, 0.15) is 5.75 Å². The van der Waals surface area contributed by atoms with E-state index in [0.29, 0.717) is 31.1 Å². The van der Waals surface area contributed by atoms with Gasteiger partial charge < -0.3 is 14.4 Å². The van der Waals surface area contributed by atoms with Crippen molar-refractivity contribution in [2.75, 3.05) is 37.8 Å². The lowest BCUT2D eigenvalue weighted by atomic mass is 10.1. The Bertz CT molecular complexity index is 787. The number of benzene rings is 1. The highest BCUT2D eigenvalue weighted by Gasteiger charge is 2.20. The molecule has 27 heavy (non-hydrogen) atoms. The Morgan fingerprint density at radius 2 is 2.04 bits per heavy atom. The van der Waals surface area contributed by atoms with Crippen molar-refractivity contribution >= 4 is 23.5 Å². The molecule has 1 aromatic carbocycles. The first kappa shape index (κ1) is 19.7. The molecule has 146 valence electrons. The normalized spacial score (nSPS) is 14.4. The van der Waals surface area contributed by atoms with Crippen molar-refractivity contribution in [3.8, 4) is 5.75 Å². The van der Waals surface area contributed by atoms with Crippen LogP contribution in [-0.4, -0.2) is 53.5 Å². The summed E-state index contributed by atoms with van der Waals surface area (Å²) >= 11 is 1.61. The van der Waals surface area contributed by atoms with E-state index in [1.54, 1.807) is 18.7 Å². The summed E-state index contributed by atoms with van der Waals surface area (Å²) in [6.45, 7) is 10.1. The number of ether oxygens (including phenoxy) is 2. The van der Waals surface area contributed by atoms with E-state index in [1.807, 2.05) is 25.1 Å². The number of aromatic nitrogens is 3. The molecule has 0 radical (unpaired) electrons. The molecule has 8 heteroatoms.